The van der Waals surface area contributed by atoms with Gasteiger partial charge >= 0.3 is 0 Å². The number of aromatic hydroxyl groups is 2. The molecule has 0 spiro atoms. The molecule has 0 amide bonds. The zero-order valence-electron chi connectivity index (χ0n) is 14.4. The molecule has 2 aromatic carbocycles. The van der Waals surface area contributed by atoms with Gasteiger partial charge in [0.15, 0.2) is 20.7 Å². The predicted molar refractivity (Wildman–Crippen MR) is 104 cm³/mol. The maximum absolute atomic E-state index is 9.76. The van der Waals surface area contributed by atoms with E-state index in [-0.39, 0.29) is 11.8 Å². The summed E-state index contributed by atoms with van der Waals surface area (Å²) in [6.07, 6.45) is 0.857. The number of nitrogens with zero attached hydrogens (tertiary/aromatic N) is 2. The Hall–Kier alpha value is -2.50. The molecule has 3 rings (SSSR count). The molecule has 1 heterocycles. The summed E-state index contributed by atoms with van der Waals surface area (Å²) in [5, 5.41) is 22.3. The van der Waals surface area contributed by atoms with E-state index in [1.54, 1.807) is 0 Å². The maximum atomic E-state index is 9.76. The molecule has 0 fully saturated rings. The average Bonchev–Trinajstić information content (AvgIpc) is 2.96. The summed E-state index contributed by atoms with van der Waals surface area (Å²) >= 11 is 0. The molecule has 0 atom stereocenters. The minimum atomic E-state index is -1.48. The highest BCUT2D eigenvalue weighted by Crippen LogP contribution is 2.21. The normalized spacial score (nSPS) is 11.3. The summed E-state index contributed by atoms with van der Waals surface area (Å²) < 4.78 is 3.98. The highest BCUT2D eigenvalue weighted by atomic mass is 28.3. The fourth-order valence-electron chi connectivity index (χ4n) is 3.25. The lowest BCUT2D eigenvalue weighted by molar-refractivity contribution is 0.357. The van der Waals surface area contributed by atoms with E-state index in [0.717, 1.165) is 13.0 Å². The van der Waals surface area contributed by atoms with Gasteiger partial charge in [-0.05, 0) is 30.4 Å². The Bertz CT molecular complexity index is 731. The molecule has 130 valence electrons. The van der Waals surface area contributed by atoms with Crippen molar-refractivity contribution in [2.24, 2.45) is 0 Å². The Morgan fingerprint density at radius 1 is 0.800 bits per heavy atom. The number of hydrogen-bond donors (Lipinski definition) is 2. The largest absolute Gasteiger partial charge is 0.494 e. The second-order valence-electron chi connectivity index (χ2n) is 6.26. The third-order valence-electron chi connectivity index (χ3n) is 4.50. The summed E-state index contributed by atoms with van der Waals surface area (Å²) in [4.78, 5) is 0. The molecule has 0 saturated heterocycles. The van der Waals surface area contributed by atoms with Crippen molar-refractivity contribution in [2.45, 2.75) is 13.0 Å². The topological polar surface area (TPSA) is 48.6 Å². The van der Waals surface area contributed by atoms with Gasteiger partial charge in [-0.25, -0.2) is 0 Å². The maximum Gasteiger partial charge on any atom is 0.193 e. The van der Waals surface area contributed by atoms with Gasteiger partial charge < -0.3 is 14.8 Å². The number of benzene rings is 2. The molecule has 5 heteroatoms. The number of hydrogen-bond acceptors (Lipinski definition) is 3. The fraction of sp³-hybridized carbons (Fsp3) is 0.200. The minimum absolute atomic E-state index is 0.111. The van der Waals surface area contributed by atoms with E-state index in [2.05, 4.69) is 72.3 Å². The van der Waals surface area contributed by atoms with E-state index in [1.165, 1.54) is 27.1 Å². The smallest absolute Gasteiger partial charge is 0.193 e. The van der Waals surface area contributed by atoms with E-state index < -0.39 is 8.96 Å². The van der Waals surface area contributed by atoms with E-state index in [1.807, 2.05) is 0 Å². The molecular weight excluding hydrogens is 328 g/mol. The van der Waals surface area contributed by atoms with Crippen molar-refractivity contribution in [3.05, 3.63) is 72.8 Å². The highest BCUT2D eigenvalue weighted by molar-refractivity contribution is 6.82. The first-order valence-corrected chi connectivity index (χ1v) is 10.2. The summed E-state index contributed by atoms with van der Waals surface area (Å²) in [6, 6.07) is 24.4. The average molecular weight is 353 g/mol. The van der Waals surface area contributed by atoms with Crippen molar-refractivity contribution in [1.82, 2.24) is 9.13 Å². The van der Waals surface area contributed by atoms with Gasteiger partial charge in [0.2, 0.25) is 0 Å². The zero-order chi connectivity index (χ0) is 17.6. The molecule has 0 aliphatic carbocycles. The lowest BCUT2D eigenvalue weighted by Gasteiger charge is -2.27. The van der Waals surface area contributed by atoms with Crippen LogP contribution in [0.25, 0.3) is 0 Å². The molecule has 0 bridgehead atoms. The minimum Gasteiger partial charge on any atom is -0.494 e. The van der Waals surface area contributed by atoms with Crippen LogP contribution in [0.2, 0.25) is 0 Å². The summed E-state index contributed by atoms with van der Waals surface area (Å²) in [6.45, 7) is 1.50. The third-order valence-corrected chi connectivity index (χ3v) is 7.67. The molecule has 0 saturated carbocycles. The van der Waals surface area contributed by atoms with Gasteiger partial charge in [-0.1, -0.05) is 60.7 Å². The van der Waals surface area contributed by atoms with Crippen LogP contribution in [0.1, 0.15) is 6.42 Å². The van der Waals surface area contributed by atoms with E-state index >= 15 is 0 Å². The molecule has 0 radical (unpaired) electrons. The third kappa shape index (κ3) is 4.13. The van der Waals surface area contributed by atoms with Crippen LogP contribution < -0.4 is 10.4 Å². The molecule has 0 aliphatic rings. The van der Waals surface area contributed by atoms with Crippen molar-refractivity contribution in [2.75, 3.05) is 13.6 Å². The van der Waals surface area contributed by atoms with Crippen molar-refractivity contribution in [1.29, 1.82) is 0 Å². The Kier molecular flexibility index (Phi) is 5.58. The van der Waals surface area contributed by atoms with Crippen LogP contribution in [0.3, 0.4) is 0 Å². The molecule has 25 heavy (non-hydrogen) atoms. The van der Waals surface area contributed by atoms with Gasteiger partial charge in [0.05, 0.1) is 0 Å². The number of aromatic nitrogens is 1. The van der Waals surface area contributed by atoms with Crippen LogP contribution in [-0.2, 0) is 6.54 Å². The Labute approximate surface area is 150 Å². The molecule has 0 aliphatic heterocycles. The lowest BCUT2D eigenvalue weighted by atomic mass is 10.4. The predicted octanol–water partition coefficient (Wildman–Crippen LogP) is 1.76. The quantitative estimate of drug-likeness (QED) is 0.637. The van der Waals surface area contributed by atoms with Crippen LogP contribution in [0.4, 0.5) is 0 Å². The van der Waals surface area contributed by atoms with E-state index in [4.69, 9.17) is 0 Å². The van der Waals surface area contributed by atoms with Gasteiger partial charge in [0.25, 0.3) is 0 Å². The molecular formula is C20H24N2O2Si. The van der Waals surface area contributed by atoms with E-state index in [9.17, 15) is 10.2 Å². The first-order chi connectivity index (χ1) is 12.2. The standard InChI is InChI=1S/C20H24N2O2Si/c1-21(15-8-16-22-19(23)13-14-20(22)24)25(17-9-4-2-5-10-17)18-11-6-3-7-12-18/h2-7,9-14,23-25H,8,15-16H2,1H3. The van der Waals surface area contributed by atoms with Gasteiger partial charge in [-0.3, -0.25) is 4.57 Å². The Morgan fingerprint density at radius 2 is 1.28 bits per heavy atom. The Morgan fingerprint density at radius 3 is 1.76 bits per heavy atom. The molecule has 2 N–H and O–H groups in total. The molecule has 3 aromatic rings. The van der Waals surface area contributed by atoms with Gasteiger partial charge in [-0.2, -0.15) is 0 Å². The van der Waals surface area contributed by atoms with Crippen LogP contribution in [0.5, 0.6) is 11.8 Å². The van der Waals surface area contributed by atoms with E-state index in [0.29, 0.717) is 6.54 Å². The van der Waals surface area contributed by atoms with Gasteiger partial charge in [0.1, 0.15) is 0 Å². The zero-order valence-corrected chi connectivity index (χ0v) is 15.6. The van der Waals surface area contributed by atoms with Crippen molar-refractivity contribution in [3.8, 4) is 11.8 Å². The first-order valence-electron chi connectivity index (χ1n) is 8.54. The van der Waals surface area contributed by atoms with Crippen molar-refractivity contribution in [3.63, 3.8) is 0 Å². The summed E-state index contributed by atoms with van der Waals surface area (Å²) in [5.41, 5.74) is 0. The Balaban J connectivity index is 1.73. The summed E-state index contributed by atoms with van der Waals surface area (Å²) in [5.74, 6) is 0.222. The first kappa shape index (κ1) is 17.3. The van der Waals surface area contributed by atoms with Gasteiger partial charge in [0, 0.05) is 18.7 Å². The van der Waals surface area contributed by atoms with Crippen LogP contribution >= 0.6 is 0 Å². The monoisotopic (exact) mass is 352 g/mol. The lowest BCUT2D eigenvalue weighted by Crippen LogP contribution is -2.55. The second kappa shape index (κ2) is 8.05. The van der Waals surface area contributed by atoms with Gasteiger partial charge in [-0.15, -0.1) is 0 Å². The second-order valence-corrected chi connectivity index (χ2v) is 9.28. The highest BCUT2D eigenvalue weighted by Gasteiger charge is 2.21. The van der Waals surface area contributed by atoms with Crippen molar-refractivity contribution >= 4 is 19.3 Å². The van der Waals surface area contributed by atoms with Crippen LogP contribution in [0.15, 0.2) is 72.8 Å². The SMILES string of the molecule is CN(CCCn1c(O)ccc1O)[SiH](c1ccccc1)c1ccccc1. The molecule has 1 aromatic heterocycles. The summed E-state index contributed by atoms with van der Waals surface area (Å²) in [7, 11) is 0.692. The van der Waals surface area contributed by atoms with Crippen molar-refractivity contribution < 1.29 is 10.2 Å². The fourth-order valence-corrected chi connectivity index (χ4v) is 6.27. The molecule has 4 nitrogen and oxygen atoms in total. The van der Waals surface area contributed by atoms with Crippen LogP contribution in [-0.4, -0.2) is 41.9 Å². The van der Waals surface area contributed by atoms with Crippen LogP contribution in [0, 0.1) is 0 Å². The number of rotatable bonds is 7. The molecule has 0 unspecified atom stereocenters.